The molecule has 13 N–H and O–H groups in total. The van der Waals surface area contributed by atoms with Gasteiger partial charge in [-0.05, 0) is 68.4 Å². The molecule has 0 spiro atoms. The van der Waals surface area contributed by atoms with Crippen LogP contribution in [0.4, 0.5) is 22.2 Å². The van der Waals surface area contributed by atoms with Crippen LogP contribution in [0, 0.1) is 0 Å². The van der Waals surface area contributed by atoms with E-state index in [2.05, 4.69) is 75.8 Å². The predicted octanol–water partition coefficient (Wildman–Crippen LogP) is 6.76. The van der Waals surface area contributed by atoms with Gasteiger partial charge in [-0.15, -0.1) is 0 Å². The fourth-order valence-corrected chi connectivity index (χ4v) is 9.04. The molecule has 0 fully saturated rings. The Labute approximate surface area is 443 Å². The van der Waals surface area contributed by atoms with Crippen LogP contribution in [-0.4, -0.2) is 135 Å². The SMILES string of the molecule is CC(=O)NCc1nc2c([nH]1)c(N)nc1cc(-c3ccn[nH]3)ccc12.CCN(Cc1nc2c([nH]1)c(N)nc1cc(-c3ccn[nH]3)ccc12)C(=O)N(C)C.CCN(Cc1nc2c([nH]1)c(N)nc1cc(-c3ccn[nH]3)ccc12)C(C)=O. The fourth-order valence-electron chi connectivity index (χ4n) is 9.04. The highest BCUT2D eigenvalue weighted by molar-refractivity contribution is 6.09. The Morgan fingerprint density at radius 1 is 0.513 bits per heavy atom. The summed E-state index contributed by atoms with van der Waals surface area (Å²) < 4.78 is 0. The lowest BCUT2D eigenvalue weighted by atomic mass is 10.1. The number of urea groups is 1. The molecule has 78 heavy (non-hydrogen) atoms. The van der Waals surface area contributed by atoms with E-state index >= 15 is 0 Å². The largest absolute Gasteiger partial charge is 0.382 e. The average molecular weight is 1050 g/mol. The molecule has 0 bridgehead atoms. The number of nitrogens with two attached hydrogens (primary N) is 3. The summed E-state index contributed by atoms with van der Waals surface area (Å²) >= 11 is 0. The summed E-state index contributed by atoms with van der Waals surface area (Å²) in [6, 6.07) is 23.4. The number of nitrogen functional groups attached to an aromatic ring is 3. The first-order valence-corrected chi connectivity index (χ1v) is 24.8. The molecule has 0 unspecified atom stereocenters. The Morgan fingerprint density at radius 2 is 0.885 bits per heavy atom. The van der Waals surface area contributed by atoms with Gasteiger partial charge in [-0.25, -0.2) is 34.7 Å². The number of amides is 4. The van der Waals surface area contributed by atoms with Crippen molar-refractivity contribution >= 4 is 101 Å². The fraction of sp³-hybridized carbons (Fsp3) is 0.208. The number of fused-ring (bicyclic) bond motifs is 9. The molecule has 4 amide bonds. The average Bonchev–Trinajstić information content (AvgIpc) is 4.41. The first-order valence-electron chi connectivity index (χ1n) is 24.8. The van der Waals surface area contributed by atoms with Crippen LogP contribution in [0.5, 0.6) is 0 Å². The monoisotopic (exact) mass is 1050 g/mol. The second kappa shape index (κ2) is 21.4. The number of aromatic nitrogens is 15. The molecule has 0 aliphatic carbocycles. The maximum absolute atomic E-state index is 12.3. The van der Waals surface area contributed by atoms with Crippen LogP contribution < -0.4 is 22.5 Å². The third-order valence-electron chi connectivity index (χ3n) is 13.0. The molecule has 0 saturated carbocycles. The van der Waals surface area contributed by atoms with E-state index in [-0.39, 0.29) is 17.8 Å². The molecular weight excluding hydrogens is 993 g/mol. The van der Waals surface area contributed by atoms with Crippen molar-refractivity contribution in [1.29, 1.82) is 0 Å². The molecule has 12 aromatic rings. The van der Waals surface area contributed by atoms with Crippen molar-refractivity contribution in [2.75, 3.05) is 44.4 Å². The van der Waals surface area contributed by atoms with Gasteiger partial charge in [-0.1, -0.05) is 18.2 Å². The number of hydrogen-bond donors (Lipinski definition) is 10. The standard InChI is InChI=1S/C19H22N8O.C18H19N7O.C16H15N7O/c1-4-27(19(28)26(2)3)10-15-23-16-12-6-5-11(13-7-8-21-25-13)9-14(12)22-18(20)17(16)24-15;1-3-25(10(2)26)9-15-22-16-12-5-4-11(13-6-7-20-24-13)8-14(12)21-18(19)17(16)23-15;1-8(24)18-7-13-21-14-10-3-2-9(11-4-5-19-23-11)6-12(10)20-16(17)15(14)22-13/h5-9H,4,10H2,1-3H3,(H2,20,22)(H,21,25)(H,23,24);4-8H,3,9H2,1-2H3,(H2,19,21)(H,20,24)(H,22,23);2-6H,7H2,1H3,(H2,17,20)(H,18,24)(H,19,23)(H,21,22). The van der Waals surface area contributed by atoms with E-state index in [4.69, 9.17) is 22.2 Å². The number of H-pyrrole nitrogens is 6. The first kappa shape index (κ1) is 51.0. The van der Waals surface area contributed by atoms with Crippen LogP contribution in [0.25, 0.3) is 99.6 Å². The summed E-state index contributed by atoms with van der Waals surface area (Å²) in [5, 5.41) is 26.2. The summed E-state index contributed by atoms with van der Waals surface area (Å²) in [4.78, 5) is 77.0. The molecule has 0 saturated heterocycles. The van der Waals surface area contributed by atoms with E-state index in [1.807, 2.05) is 86.6 Å². The lowest BCUT2D eigenvalue weighted by Gasteiger charge is -2.23. The molecular formula is C53H56N22O3. The highest BCUT2D eigenvalue weighted by Gasteiger charge is 2.20. The number of benzene rings is 3. The summed E-state index contributed by atoms with van der Waals surface area (Å²) in [6.45, 7) is 9.18. The zero-order valence-corrected chi connectivity index (χ0v) is 43.5. The topological polar surface area (TPSA) is 362 Å². The van der Waals surface area contributed by atoms with E-state index < -0.39 is 0 Å². The smallest absolute Gasteiger partial charge is 0.319 e. The number of rotatable bonds is 11. The number of nitrogens with one attached hydrogen (secondary N) is 7. The number of nitrogens with zero attached hydrogens (tertiary/aromatic N) is 12. The van der Waals surface area contributed by atoms with Gasteiger partial charge < -0.3 is 52.2 Å². The zero-order valence-electron chi connectivity index (χ0n) is 43.5. The Morgan fingerprint density at radius 3 is 1.22 bits per heavy atom. The highest BCUT2D eigenvalue weighted by Crippen LogP contribution is 2.33. The summed E-state index contributed by atoms with van der Waals surface area (Å²) in [7, 11) is 3.46. The van der Waals surface area contributed by atoms with Gasteiger partial charge in [-0.3, -0.25) is 24.9 Å². The van der Waals surface area contributed by atoms with Gasteiger partial charge in [0.1, 0.15) is 68.0 Å². The number of carbonyl (C=O) groups excluding carboxylic acids is 3. The van der Waals surface area contributed by atoms with Crippen molar-refractivity contribution in [3.05, 3.63) is 109 Å². The molecule has 3 aromatic carbocycles. The van der Waals surface area contributed by atoms with Crippen LogP contribution in [0.3, 0.4) is 0 Å². The van der Waals surface area contributed by atoms with E-state index in [0.717, 1.165) is 83.0 Å². The van der Waals surface area contributed by atoms with Gasteiger partial charge in [0.05, 0.1) is 53.3 Å². The molecule has 25 heteroatoms. The van der Waals surface area contributed by atoms with Gasteiger partial charge in [0.15, 0.2) is 0 Å². The Bertz CT molecular complexity index is 4140. The number of aromatic amines is 6. The molecule has 9 aromatic heterocycles. The normalized spacial score (nSPS) is 11.3. The molecule has 9 heterocycles. The van der Waals surface area contributed by atoms with Crippen molar-refractivity contribution < 1.29 is 14.4 Å². The maximum Gasteiger partial charge on any atom is 0.319 e. The first-order chi connectivity index (χ1) is 37.7. The number of anilines is 3. The Kier molecular flexibility index (Phi) is 14.0. The number of carbonyl (C=O) groups is 3. The van der Waals surface area contributed by atoms with Crippen molar-refractivity contribution in [3.8, 4) is 33.8 Å². The van der Waals surface area contributed by atoms with E-state index in [0.29, 0.717) is 84.2 Å². The van der Waals surface area contributed by atoms with Crippen molar-refractivity contribution in [1.82, 2.24) is 95.5 Å². The van der Waals surface area contributed by atoms with Crippen LogP contribution in [-0.2, 0) is 29.2 Å². The minimum Gasteiger partial charge on any atom is -0.382 e. The van der Waals surface area contributed by atoms with E-state index in [9.17, 15) is 14.4 Å². The van der Waals surface area contributed by atoms with Gasteiger partial charge in [-0.2, -0.15) is 15.3 Å². The van der Waals surface area contributed by atoms with Gasteiger partial charge >= 0.3 is 6.03 Å². The number of imidazole rings is 3. The summed E-state index contributed by atoms with van der Waals surface area (Å²) in [5.74, 6) is 3.04. The van der Waals surface area contributed by atoms with Gasteiger partial charge in [0.25, 0.3) is 0 Å². The minimum absolute atomic E-state index is 0.00751. The van der Waals surface area contributed by atoms with Crippen molar-refractivity contribution in [2.24, 2.45) is 0 Å². The van der Waals surface area contributed by atoms with Crippen LogP contribution in [0.1, 0.15) is 45.2 Å². The van der Waals surface area contributed by atoms with Gasteiger partial charge in [0.2, 0.25) is 11.8 Å². The summed E-state index contributed by atoms with van der Waals surface area (Å²) in [6.07, 6.45) is 5.12. The number of pyridine rings is 3. The molecule has 396 valence electrons. The molecule has 0 aliphatic rings. The third kappa shape index (κ3) is 10.3. The highest BCUT2D eigenvalue weighted by atomic mass is 16.2. The van der Waals surface area contributed by atoms with Crippen molar-refractivity contribution in [3.63, 3.8) is 0 Å². The van der Waals surface area contributed by atoms with Gasteiger partial charge in [0, 0.05) is 92.5 Å². The van der Waals surface area contributed by atoms with E-state index in [1.54, 1.807) is 54.3 Å². The molecule has 0 radical (unpaired) electrons. The quantitative estimate of drug-likeness (QED) is 0.0640. The lowest BCUT2D eigenvalue weighted by Crippen LogP contribution is -2.38. The lowest BCUT2D eigenvalue weighted by molar-refractivity contribution is -0.129. The van der Waals surface area contributed by atoms with Crippen molar-refractivity contribution in [2.45, 2.75) is 47.3 Å². The van der Waals surface area contributed by atoms with Crippen LogP contribution >= 0.6 is 0 Å². The second-order valence-corrected chi connectivity index (χ2v) is 18.5. The van der Waals surface area contributed by atoms with E-state index in [1.165, 1.54) is 6.92 Å². The van der Waals surface area contributed by atoms with Crippen LogP contribution in [0.2, 0.25) is 0 Å². The third-order valence-corrected chi connectivity index (χ3v) is 13.0. The minimum atomic E-state index is -0.115. The predicted molar refractivity (Wildman–Crippen MR) is 300 cm³/mol. The molecule has 12 rings (SSSR count). The zero-order chi connectivity index (χ0) is 54.8. The van der Waals surface area contributed by atoms with Crippen LogP contribution in [0.15, 0.2) is 91.4 Å². The molecule has 25 nitrogen and oxygen atoms in total. The Balaban J connectivity index is 0.000000133. The second-order valence-electron chi connectivity index (χ2n) is 18.5. The Hall–Kier alpha value is -10.5. The maximum atomic E-state index is 12.3. The molecule has 0 atom stereocenters. The molecule has 0 aliphatic heterocycles. The summed E-state index contributed by atoms with van der Waals surface area (Å²) in [5.41, 5.74) is 30.6. The number of hydrogen-bond acceptors (Lipinski definition) is 15.